The van der Waals surface area contributed by atoms with Gasteiger partial charge in [-0.15, -0.1) is 0 Å². The fourth-order valence-electron chi connectivity index (χ4n) is 4.32. The number of hydrogen-bond acceptors (Lipinski definition) is 5. The molecule has 1 aliphatic heterocycles. The third-order valence-corrected chi connectivity index (χ3v) is 6.34. The number of anilines is 1. The summed E-state index contributed by atoms with van der Waals surface area (Å²) in [5.74, 6) is 1.26. The van der Waals surface area contributed by atoms with Crippen LogP contribution in [-0.2, 0) is 12.7 Å². The third-order valence-electron chi connectivity index (χ3n) is 6.03. The molecule has 2 heterocycles. The summed E-state index contributed by atoms with van der Waals surface area (Å²) in [6, 6.07) is 13.9. The molecule has 0 radical (unpaired) electrons. The zero-order valence-electron chi connectivity index (χ0n) is 18.7. The smallest absolute Gasteiger partial charge is 0.416 e. The van der Waals surface area contributed by atoms with Gasteiger partial charge in [-0.1, -0.05) is 23.7 Å². The van der Waals surface area contributed by atoms with Gasteiger partial charge in [0.05, 0.1) is 23.4 Å². The lowest BCUT2D eigenvalue weighted by Crippen LogP contribution is -2.32. The minimum Gasteiger partial charge on any atom is -0.497 e. The predicted octanol–water partition coefficient (Wildman–Crippen LogP) is 6.81. The number of nitrogens with zero attached hydrogens (tertiary/aromatic N) is 1. The molecule has 0 N–H and O–H groups in total. The van der Waals surface area contributed by atoms with Crippen LogP contribution in [0.15, 0.2) is 63.8 Å². The Hall–Kier alpha value is -3.65. The monoisotopic (exact) mass is 501 g/mol. The van der Waals surface area contributed by atoms with Crippen molar-refractivity contribution < 1.29 is 27.1 Å². The molecule has 1 aromatic heterocycles. The van der Waals surface area contributed by atoms with Crippen molar-refractivity contribution in [2.24, 2.45) is 0 Å². The molecular weight excluding hydrogens is 483 g/mol. The SMILES string of the molecule is COc1ccc(-c2cc(=O)oc3c(C)c4c(cc23)CN(c2ccc(C(F)(F)F)cc2Cl)CO4)cc1. The van der Waals surface area contributed by atoms with E-state index >= 15 is 0 Å². The Morgan fingerprint density at radius 2 is 1.80 bits per heavy atom. The Morgan fingerprint density at radius 1 is 1.06 bits per heavy atom. The van der Waals surface area contributed by atoms with Gasteiger partial charge in [0, 0.05) is 29.1 Å². The first kappa shape index (κ1) is 23.1. The van der Waals surface area contributed by atoms with E-state index in [9.17, 15) is 18.0 Å². The molecule has 0 atom stereocenters. The molecule has 4 aromatic rings. The van der Waals surface area contributed by atoms with Gasteiger partial charge in [-0.2, -0.15) is 13.2 Å². The van der Waals surface area contributed by atoms with Crippen LogP contribution in [0.4, 0.5) is 18.9 Å². The molecule has 0 bridgehead atoms. The maximum atomic E-state index is 13.0. The Labute approximate surface area is 203 Å². The first-order valence-electron chi connectivity index (χ1n) is 10.6. The quantitative estimate of drug-likeness (QED) is 0.289. The highest BCUT2D eigenvalue weighted by Crippen LogP contribution is 2.41. The molecular formula is C26H19ClF3NO4. The van der Waals surface area contributed by atoms with Gasteiger partial charge >= 0.3 is 11.8 Å². The zero-order valence-corrected chi connectivity index (χ0v) is 19.5. The van der Waals surface area contributed by atoms with Crippen LogP contribution < -0.4 is 20.0 Å². The summed E-state index contributed by atoms with van der Waals surface area (Å²) in [5, 5.41) is 0.698. The molecule has 0 saturated heterocycles. The predicted molar refractivity (Wildman–Crippen MR) is 127 cm³/mol. The van der Waals surface area contributed by atoms with E-state index < -0.39 is 17.4 Å². The summed E-state index contributed by atoms with van der Waals surface area (Å²) in [6.07, 6.45) is -4.48. The number of fused-ring (bicyclic) bond motifs is 2. The molecule has 3 aromatic carbocycles. The van der Waals surface area contributed by atoms with Crippen LogP contribution in [0.2, 0.25) is 5.02 Å². The highest BCUT2D eigenvalue weighted by atomic mass is 35.5. The molecule has 0 aliphatic carbocycles. The summed E-state index contributed by atoms with van der Waals surface area (Å²) in [6.45, 7) is 2.23. The number of ether oxygens (including phenoxy) is 2. The minimum atomic E-state index is -4.48. The lowest BCUT2D eigenvalue weighted by Gasteiger charge is -2.32. The molecule has 0 spiro atoms. The molecule has 0 amide bonds. The topological polar surface area (TPSA) is 51.9 Å². The Kier molecular flexibility index (Phi) is 5.63. The standard InChI is InChI=1S/C26H19ClF3NO4/c1-14-24-16(12-31(13-34-24)22-8-5-17(10-21(22)27)26(28,29)30)9-20-19(11-23(32)35-25(14)20)15-3-6-18(33-2)7-4-15/h3-11H,12-13H2,1-2H3. The number of alkyl halides is 3. The second kappa shape index (κ2) is 8.53. The van der Waals surface area contributed by atoms with E-state index in [0.717, 1.165) is 28.6 Å². The van der Waals surface area contributed by atoms with Crippen LogP contribution in [-0.4, -0.2) is 13.8 Å². The maximum absolute atomic E-state index is 13.0. The van der Waals surface area contributed by atoms with E-state index in [2.05, 4.69) is 0 Å². The van der Waals surface area contributed by atoms with E-state index in [-0.39, 0.29) is 11.8 Å². The summed E-state index contributed by atoms with van der Waals surface area (Å²) < 4.78 is 55.9. The van der Waals surface area contributed by atoms with Crippen molar-refractivity contribution in [3.05, 3.63) is 86.7 Å². The number of rotatable bonds is 3. The molecule has 35 heavy (non-hydrogen) atoms. The third kappa shape index (κ3) is 4.18. The average Bonchev–Trinajstić information content (AvgIpc) is 2.83. The first-order chi connectivity index (χ1) is 16.7. The summed E-state index contributed by atoms with van der Waals surface area (Å²) in [4.78, 5) is 14.1. The molecule has 5 rings (SSSR count). The minimum absolute atomic E-state index is 0.0192. The van der Waals surface area contributed by atoms with E-state index in [1.165, 1.54) is 12.1 Å². The molecule has 5 nitrogen and oxygen atoms in total. The number of hydrogen-bond donors (Lipinski definition) is 0. The fourth-order valence-corrected chi connectivity index (χ4v) is 4.62. The van der Waals surface area contributed by atoms with Gasteiger partial charge in [-0.25, -0.2) is 4.79 Å². The normalized spacial score (nSPS) is 13.5. The largest absolute Gasteiger partial charge is 0.497 e. The van der Waals surface area contributed by atoms with Gasteiger partial charge in [0.25, 0.3) is 0 Å². The number of methoxy groups -OCH3 is 1. The summed E-state index contributed by atoms with van der Waals surface area (Å²) >= 11 is 6.21. The number of aryl methyl sites for hydroxylation is 1. The van der Waals surface area contributed by atoms with Crippen molar-refractivity contribution >= 4 is 28.3 Å². The second-order valence-corrected chi connectivity index (χ2v) is 8.62. The van der Waals surface area contributed by atoms with Crippen molar-refractivity contribution in [3.8, 4) is 22.6 Å². The van der Waals surface area contributed by atoms with Crippen molar-refractivity contribution in [2.45, 2.75) is 19.6 Å². The van der Waals surface area contributed by atoms with E-state index in [0.29, 0.717) is 40.4 Å². The van der Waals surface area contributed by atoms with Gasteiger partial charge < -0.3 is 18.8 Å². The Morgan fingerprint density at radius 3 is 2.46 bits per heavy atom. The maximum Gasteiger partial charge on any atom is 0.416 e. The van der Waals surface area contributed by atoms with Crippen LogP contribution in [0.25, 0.3) is 22.1 Å². The zero-order chi connectivity index (χ0) is 24.9. The molecule has 0 unspecified atom stereocenters. The van der Waals surface area contributed by atoms with Gasteiger partial charge in [0.1, 0.15) is 17.1 Å². The fraction of sp³-hybridized carbons (Fsp3) is 0.192. The summed E-state index contributed by atoms with van der Waals surface area (Å²) in [5.41, 5.74) is 2.51. The van der Waals surface area contributed by atoms with Crippen LogP contribution in [0, 0.1) is 6.92 Å². The molecule has 1 aliphatic rings. The van der Waals surface area contributed by atoms with Crippen molar-refractivity contribution in [1.29, 1.82) is 0 Å². The van der Waals surface area contributed by atoms with Gasteiger partial charge in [-0.05, 0) is 54.4 Å². The first-order valence-corrected chi connectivity index (χ1v) is 11.0. The molecule has 0 fully saturated rings. The van der Waals surface area contributed by atoms with Gasteiger partial charge in [0.2, 0.25) is 0 Å². The number of benzene rings is 3. The number of halogens is 4. The highest BCUT2D eigenvalue weighted by molar-refractivity contribution is 6.33. The Balaban J connectivity index is 1.59. The van der Waals surface area contributed by atoms with E-state index in [1.807, 2.05) is 25.1 Å². The molecule has 9 heteroatoms. The van der Waals surface area contributed by atoms with E-state index in [1.54, 1.807) is 24.1 Å². The molecule has 180 valence electrons. The van der Waals surface area contributed by atoms with Crippen molar-refractivity contribution in [1.82, 2.24) is 0 Å². The average molecular weight is 502 g/mol. The van der Waals surface area contributed by atoms with Crippen LogP contribution in [0.1, 0.15) is 16.7 Å². The van der Waals surface area contributed by atoms with Crippen molar-refractivity contribution in [2.75, 3.05) is 18.7 Å². The Bertz CT molecular complexity index is 1500. The van der Waals surface area contributed by atoms with Crippen LogP contribution >= 0.6 is 11.6 Å². The van der Waals surface area contributed by atoms with Crippen LogP contribution in [0.5, 0.6) is 11.5 Å². The van der Waals surface area contributed by atoms with Gasteiger partial charge in [-0.3, -0.25) is 0 Å². The van der Waals surface area contributed by atoms with Crippen LogP contribution in [0.3, 0.4) is 0 Å². The van der Waals surface area contributed by atoms with E-state index in [4.69, 9.17) is 25.5 Å². The van der Waals surface area contributed by atoms with Crippen molar-refractivity contribution in [3.63, 3.8) is 0 Å². The lowest BCUT2D eigenvalue weighted by molar-refractivity contribution is -0.137. The lowest BCUT2D eigenvalue weighted by atomic mass is 9.96. The van der Waals surface area contributed by atoms with Gasteiger partial charge in [0.15, 0.2) is 6.73 Å². The summed E-state index contributed by atoms with van der Waals surface area (Å²) in [7, 11) is 1.58. The highest BCUT2D eigenvalue weighted by Gasteiger charge is 2.32. The second-order valence-electron chi connectivity index (χ2n) is 8.21. The molecule has 0 saturated carbocycles.